The number of Topliss-reactive ketones (excluding diaryl/α,β-unsaturated/α-hetero) is 1. The molecule has 0 aromatic rings. The minimum absolute atomic E-state index is 0.00644. The summed E-state index contributed by atoms with van der Waals surface area (Å²) in [4.78, 5) is 191. The fourth-order valence-electron chi connectivity index (χ4n) is 19.0. The number of rotatable bonds is 76. The van der Waals surface area contributed by atoms with E-state index in [1.165, 1.54) is 178 Å². The highest BCUT2D eigenvalue weighted by Crippen LogP contribution is 2.51. The standard InChI is InChI=1S/C98H173N13O18S2/c1-4-6-8-10-12-14-16-18-20-22-24-29-33-52-86(116)128-66-73(129-87(117)53-34-30-25-23-21-19-17-15-13-11-9-7-5-2)67-130-68-82(104-70(3)113)96(124)110-81(65-112)95(123)108-78(49-36-41-59-100)93(121)106-77(48-35-40-58-99)92(120)107-79(50-37-42-60-101)94(122)109-80(98(126)127)51-39-44-62-103-91(119)72-56-54-71(55-57-72)64-111-85(115)63-83(97(111)125)131-69-84(114)102-61-43-38-47-76-90(118)88-74-45-31-27-26-28-32-46-75(74)89(88)105-76/h71-83,88-89,105,112H,4-69,99-101H2,1-3H3,(H,102,114)(H,103,119)(H,104,113)(H,106,121)(H,107,120)(H,108,123)(H,109,122)(H,110,124)(H,126,127). The number of hydrogen-bond acceptors (Lipinski definition) is 23. The number of imide groups is 1. The molecule has 17 N–H and O–H groups in total. The fourth-order valence-corrected chi connectivity index (χ4v) is 21.0. The highest BCUT2D eigenvalue weighted by Gasteiger charge is 2.58. The van der Waals surface area contributed by atoms with E-state index < -0.39 is 108 Å². The van der Waals surface area contributed by atoms with Crippen LogP contribution in [-0.4, -0.2) is 227 Å². The van der Waals surface area contributed by atoms with Crippen LogP contribution in [0.15, 0.2) is 0 Å². The molecule has 33 heteroatoms. The molecule has 131 heavy (non-hydrogen) atoms. The molecule has 2 saturated heterocycles. The number of esters is 2. The quantitative estimate of drug-likeness (QED) is 0.0153. The molecule has 0 radical (unpaired) electrons. The van der Waals surface area contributed by atoms with Crippen molar-refractivity contribution in [1.29, 1.82) is 0 Å². The Bertz CT molecular complexity index is 3340. The maximum Gasteiger partial charge on any atom is 0.326 e. The second kappa shape index (κ2) is 70.2. The van der Waals surface area contributed by atoms with Crippen LogP contribution in [-0.2, 0) is 76.6 Å². The van der Waals surface area contributed by atoms with Gasteiger partial charge >= 0.3 is 17.9 Å². The number of amides is 10. The first-order valence-electron chi connectivity index (χ1n) is 51.4. The van der Waals surface area contributed by atoms with E-state index in [1.807, 2.05) is 0 Å². The average Bonchev–Trinajstić information content (AvgIpc) is 1.70. The first kappa shape index (κ1) is 115. The lowest BCUT2D eigenvalue weighted by Crippen LogP contribution is -2.60. The molecule has 13 unspecified atom stereocenters. The Morgan fingerprint density at radius 3 is 1.43 bits per heavy atom. The third-order valence-electron chi connectivity index (χ3n) is 26.9. The topological polar surface area (TPSA) is 487 Å². The Kier molecular flexibility index (Phi) is 61.6. The van der Waals surface area contributed by atoms with Crippen LogP contribution >= 0.6 is 23.5 Å². The smallest absolute Gasteiger partial charge is 0.326 e. The summed E-state index contributed by atoms with van der Waals surface area (Å²) in [5.74, 6) is -6.57. The van der Waals surface area contributed by atoms with Crippen LogP contribution in [0.2, 0.25) is 0 Å². The van der Waals surface area contributed by atoms with Crippen molar-refractivity contribution in [3.05, 3.63) is 0 Å². The minimum atomic E-state index is -1.66. The number of nitrogens with one attached hydrogen (secondary N) is 9. The van der Waals surface area contributed by atoms with Crippen molar-refractivity contribution >= 4 is 106 Å². The summed E-state index contributed by atoms with van der Waals surface area (Å²) in [6, 6.07) is -8.10. The lowest BCUT2D eigenvalue weighted by atomic mass is 9.58. The number of carboxylic acids is 1. The third-order valence-corrected chi connectivity index (χ3v) is 29.3. The predicted octanol–water partition coefficient (Wildman–Crippen LogP) is 11.3. The zero-order valence-corrected chi connectivity index (χ0v) is 81.9. The van der Waals surface area contributed by atoms with Crippen LogP contribution in [0.4, 0.5) is 0 Å². The number of aliphatic carboxylic acids is 1. The summed E-state index contributed by atoms with van der Waals surface area (Å²) in [5, 5.41) is 45.7. The molecule has 3 aliphatic carbocycles. The number of unbranched alkanes of at least 4 members (excludes halogenated alkanes) is 29. The zero-order chi connectivity index (χ0) is 95.2. The Hall–Kier alpha value is -6.52. The number of carbonyl (C=O) groups is 14. The Morgan fingerprint density at radius 2 is 0.924 bits per heavy atom. The van der Waals surface area contributed by atoms with E-state index >= 15 is 0 Å². The van der Waals surface area contributed by atoms with Crippen LogP contribution in [0.25, 0.3) is 0 Å². The van der Waals surface area contributed by atoms with Crippen molar-refractivity contribution in [1.82, 2.24) is 52.8 Å². The molecule has 2 aliphatic heterocycles. The van der Waals surface area contributed by atoms with Gasteiger partial charge in [0.05, 0.1) is 23.7 Å². The molecule has 31 nitrogen and oxygen atoms in total. The van der Waals surface area contributed by atoms with E-state index in [2.05, 4.69) is 61.7 Å². The van der Waals surface area contributed by atoms with Gasteiger partial charge in [-0.1, -0.05) is 200 Å². The van der Waals surface area contributed by atoms with Crippen molar-refractivity contribution in [2.45, 2.75) is 434 Å². The van der Waals surface area contributed by atoms with Gasteiger partial charge in [0.25, 0.3) is 0 Å². The first-order chi connectivity index (χ1) is 63.5. The maximum atomic E-state index is 14.5. The van der Waals surface area contributed by atoms with Gasteiger partial charge in [-0.05, 0) is 185 Å². The number of carbonyl (C=O) groups excluding carboxylic acids is 13. The highest BCUT2D eigenvalue weighted by molar-refractivity contribution is 8.01. The number of aliphatic hydroxyl groups excluding tert-OH is 1. The number of nitrogens with zero attached hydrogens (tertiary/aromatic N) is 1. The number of ether oxygens (including phenoxy) is 2. The molecule has 5 aliphatic rings. The first-order valence-corrected chi connectivity index (χ1v) is 53.6. The van der Waals surface area contributed by atoms with E-state index in [0.29, 0.717) is 114 Å². The van der Waals surface area contributed by atoms with Crippen LogP contribution in [0, 0.1) is 29.6 Å². The number of carboxylic acid groups (broad SMARTS) is 1. The molecular weight excluding hydrogens is 1710 g/mol. The summed E-state index contributed by atoms with van der Waals surface area (Å²) in [6.07, 6.45) is 45.8. The van der Waals surface area contributed by atoms with E-state index in [0.717, 1.165) is 76.0 Å². The van der Waals surface area contributed by atoms with Gasteiger partial charge < -0.3 is 84.7 Å². The number of aliphatic hydroxyl groups is 1. The predicted molar refractivity (Wildman–Crippen MR) is 515 cm³/mol. The van der Waals surface area contributed by atoms with Gasteiger partial charge in [0.2, 0.25) is 59.1 Å². The molecule has 0 bridgehead atoms. The molecular formula is C98H173N13O18S2. The van der Waals surface area contributed by atoms with E-state index in [1.54, 1.807) is 0 Å². The third kappa shape index (κ3) is 47.2. The number of thioether (sulfide) groups is 2. The van der Waals surface area contributed by atoms with E-state index in [9.17, 15) is 77.3 Å². The monoisotopic (exact) mass is 1880 g/mol. The van der Waals surface area contributed by atoms with Gasteiger partial charge in [-0.2, -0.15) is 11.8 Å². The van der Waals surface area contributed by atoms with Gasteiger partial charge in [0, 0.05) is 75.2 Å². The molecule has 10 amide bonds. The van der Waals surface area contributed by atoms with Crippen LogP contribution < -0.4 is 65.1 Å². The van der Waals surface area contributed by atoms with Crippen molar-refractivity contribution in [2.24, 2.45) is 46.8 Å². The van der Waals surface area contributed by atoms with Crippen molar-refractivity contribution in [3.8, 4) is 0 Å². The molecule has 13 atom stereocenters. The number of nitrogens with two attached hydrogens (primary N) is 3. The molecule has 2 heterocycles. The van der Waals surface area contributed by atoms with Crippen molar-refractivity contribution in [2.75, 3.05) is 69.7 Å². The SMILES string of the molecule is CCCCCCCCCCCCCCCC(=O)OCC(CSCC(NC(C)=O)C(=O)NC(CO)C(=O)NC(CCCCN)C(=O)NC(CCCCN)C(=O)NC(CCCCN)C(=O)NC(CCCCNC(=O)C1CCC(CN2C(=O)CC(SCC(=O)NCCCCC3NC4C5CCCCCCCC5C4C3=O)C2=O)CC1)C(=O)O)OC(=O)CCCCCCCCCCCCCCC. The number of hydrogen-bond donors (Lipinski definition) is 14. The van der Waals surface area contributed by atoms with Crippen LogP contribution in [0.5, 0.6) is 0 Å². The number of fused-ring (bicyclic) bond motifs is 4. The van der Waals surface area contributed by atoms with Crippen LogP contribution in [0.3, 0.4) is 0 Å². The zero-order valence-electron chi connectivity index (χ0n) is 80.3. The van der Waals surface area contributed by atoms with Gasteiger partial charge in [0.1, 0.15) is 49.0 Å². The van der Waals surface area contributed by atoms with Gasteiger partial charge in [-0.15, -0.1) is 11.8 Å². The van der Waals surface area contributed by atoms with Crippen LogP contribution in [0.1, 0.15) is 374 Å². The largest absolute Gasteiger partial charge is 0.480 e. The Balaban J connectivity index is 1.07. The highest BCUT2D eigenvalue weighted by atomic mass is 32.2. The maximum absolute atomic E-state index is 14.5. The molecule has 0 aromatic carbocycles. The minimum Gasteiger partial charge on any atom is -0.480 e. The fraction of sp³-hybridized carbons (Fsp3) is 0.857. The molecule has 5 rings (SSSR count). The second-order valence-electron chi connectivity index (χ2n) is 37.8. The van der Waals surface area contributed by atoms with Gasteiger partial charge in [-0.3, -0.25) is 67.2 Å². The van der Waals surface area contributed by atoms with E-state index in [4.69, 9.17) is 26.7 Å². The number of ketones is 1. The molecule has 3 saturated carbocycles. The molecule has 0 spiro atoms. The summed E-state index contributed by atoms with van der Waals surface area (Å²) in [7, 11) is 0. The number of likely N-dealkylation sites (tertiary alicyclic amines) is 1. The Morgan fingerprint density at radius 1 is 0.481 bits per heavy atom. The summed E-state index contributed by atoms with van der Waals surface area (Å²) < 4.78 is 11.6. The summed E-state index contributed by atoms with van der Waals surface area (Å²) in [5.41, 5.74) is 17.6. The lowest BCUT2D eigenvalue weighted by Gasteiger charge is -2.48. The normalized spacial score (nSPS) is 20.6. The van der Waals surface area contributed by atoms with Gasteiger partial charge in [-0.25, -0.2) is 4.79 Å². The molecule has 750 valence electrons. The lowest BCUT2D eigenvalue weighted by molar-refractivity contribution is -0.157. The second-order valence-corrected chi connectivity index (χ2v) is 40.1. The van der Waals surface area contributed by atoms with E-state index in [-0.39, 0.29) is 155 Å². The molecule has 5 fully saturated rings. The summed E-state index contributed by atoms with van der Waals surface area (Å²) >= 11 is 2.31. The van der Waals surface area contributed by atoms with Crippen molar-refractivity contribution < 1.29 is 86.8 Å². The van der Waals surface area contributed by atoms with Crippen molar-refractivity contribution in [3.63, 3.8) is 0 Å². The van der Waals surface area contributed by atoms with Gasteiger partial charge in [0.15, 0.2) is 5.78 Å². The summed E-state index contributed by atoms with van der Waals surface area (Å²) in [6.45, 7) is 6.16. The Labute approximate surface area is 791 Å². The average molecular weight is 1890 g/mol. The molecule has 0 aromatic heterocycles.